The molecule has 23 heavy (non-hydrogen) atoms. The van der Waals surface area contributed by atoms with Crippen LogP contribution in [0.25, 0.3) is 0 Å². The molecule has 0 N–H and O–H groups in total. The maximum Gasteiger partial charge on any atom is 0.343 e. The summed E-state index contributed by atoms with van der Waals surface area (Å²) < 4.78 is 5.23. The zero-order chi connectivity index (χ0) is 16.4. The molecule has 2 aromatic carbocycles. The van der Waals surface area contributed by atoms with Crippen molar-refractivity contribution in [3.05, 3.63) is 77.9 Å². The van der Waals surface area contributed by atoms with Gasteiger partial charge in [0.2, 0.25) is 0 Å². The third-order valence-electron chi connectivity index (χ3n) is 3.47. The van der Waals surface area contributed by atoms with Gasteiger partial charge in [-0.1, -0.05) is 24.3 Å². The summed E-state index contributed by atoms with van der Waals surface area (Å²) in [6, 6.07) is 13.0. The van der Waals surface area contributed by atoms with Crippen LogP contribution >= 0.6 is 0 Å². The molecule has 0 fully saturated rings. The number of hydrogen-bond acceptors (Lipinski definition) is 4. The Morgan fingerprint density at radius 2 is 1.74 bits per heavy atom. The lowest BCUT2D eigenvalue weighted by molar-refractivity contribution is 0.0671. The fourth-order valence-corrected chi connectivity index (χ4v) is 2.37. The van der Waals surface area contributed by atoms with Crippen LogP contribution in [0.15, 0.2) is 61.2 Å². The monoisotopic (exact) mass is 307 g/mol. The van der Waals surface area contributed by atoms with E-state index in [1.165, 1.54) is 24.3 Å². The van der Waals surface area contributed by atoms with Crippen molar-refractivity contribution in [3.8, 4) is 5.75 Å². The fraction of sp³-hybridized carbons (Fsp3) is 0.0556. The summed E-state index contributed by atoms with van der Waals surface area (Å²) in [5.41, 5.74) is 0.710. The van der Waals surface area contributed by atoms with E-state index in [-0.39, 0.29) is 29.1 Å². The topological polar surface area (TPSA) is 63.7 Å². The third-order valence-corrected chi connectivity index (χ3v) is 3.47. The van der Waals surface area contributed by atoms with E-state index in [4.69, 9.17) is 4.74 Å². The van der Waals surface area contributed by atoms with Gasteiger partial charge in [0.25, 0.3) is 11.8 Å². The quantitative estimate of drug-likeness (QED) is 0.377. The van der Waals surface area contributed by atoms with Crippen molar-refractivity contribution in [2.75, 3.05) is 6.54 Å². The molecule has 0 radical (unpaired) electrons. The predicted molar refractivity (Wildman–Crippen MR) is 83.4 cm³/mol. The van der Waals surface area contributed by atoms with E-state index in [0.29, 0.717) is 5.75 Å². The summed E-state index contributed by atoms with van der Waals surface area (Å²) >= 11 is 0. The summed E-state index contributed by atoms with van der Waals surface area (Å²) in [6.07, 6.45) is 1.48. The van der Waals surface area contributed by atoms with Crippen molar-refractivity contribution in [1.29, 1.82) is 0 Å². The molecule has 2 amide bonds. The molecule has 0 atom stereocenters. The number of nitrogens with zero attached hydrogens (tertiary/aromatic N) is 1. The minimum Gasteiger partial charge on any atom is -0.423 e. The van der Waals surface area contributed by atoms with Crippen LogP contribution in [-0.2, 0) is 0 Å². The molecule has 114 valence electrons. The van der Waals surface area contributed by atoms with E-state index in [2.05, 4.69) is 6.58 Å². The lowest BCUT2D eigenvalue weighted by Gasteiger charge is -2.09. The Morgan fingerprint density at radius 3 is 2.43 bits per heavy atom. The van der Waals surface area contributed by atoms with Crippen LogP contribution in [0.2, 0.25) is 0 Å². The molecule has 3 rings (SSSR count). The second-order valence-corrected chi connectivity index (χ2v) is 4.97. The number of esters is 1. The molecular weight excluding hydrogens is 294 g/mol. The molecule has 0 unspecified atom stereocenters. The molecule has 0 aromatic heterocycles. The Balaban J connectivity index is 1.88. The van der Waals surface area contributed by atoms with E-state index in [1.54, 1.807) is 24.3 Å². The van der Waals surface area contributed by atoms with Gasteiger partial charge in [0.15, 0.2) is 0 Å². The summed E-state index contributed by atoms with van der Waals surface area (Å²) in [5.74, 6) is -0.984. The van der Waals surface area contributed by atoms with Crippen molar-refractivity contribution in [1.82, 2.24) is 4.90 Å². The highest BCUT2D eigenvalue weighted by molar-refractivity contribution is 6.22. The summed E-state index contributed by atoms with van der Waals surface area (Å²) in [6.45, 7) is 3.66. The molecule has 1 heterocycles. The number of rotatable bonds is 4. The van der Waals surface area contributed by atoms with E-state index < -0.39 is 11.9 Å². The minimum atomic E-state index is -0.582. The summed E-state index contributed by atoms with van der Waals surface area (Å²) in [5, 5.41) is 0. The van der Waals surface area contributed by atoms with Gasteiger partial charge in [0.1, 0.15) is 5.75 Å². The van der Waals surface area contributed by atoms with Crippen LogP contribution in [0.3, 0.4) is 0 Å². The highest BCUT2D eigenvalue weighted by Gasteiger charge is 2.35. The van der Waals surface area contributed by atoms with Gasteiger partial charge in [-0.05, 0) is 30.3 Å². The van der Waals surface area contributed by atoms with Gasteiger partial charge >= 0.3 is 5.97 Å². The maximum atomic E-state index is 12.2. The molecule has 0 aliphatic carbocycles. The van der Waals surface area contributed by atoms with Crippen molar-refractivity contribution >= 4 is 17.8 Å². The summed E-state index contributed by atoms with van der Waals surface area (Å²) in [7, 11) is 0. The highest BCUT2D eigenvalue weighted by Crippen LogP contribution is 2.24. The first-order valence-corrected chi connectivity index (χ1v) is 7.00. The first kappa shape index (κ1) is 14.7. The van der Waals surface area contributed by atoms with Crippen molar-refractivity contribution in [2.24, 2.45) is 0 Å². The normalized spacial score (nSPS) is 13.0. The Hall–Kier alpha value is -3.21. The van der Waals surface area contributed by atoms with Gasteiger partial charge in [0, 0.05) is 6.54 Å². The van der Waals surface area contributed by atoms with E-state index in [0.717, 1.165) is 4.90 Å². The molecule has 0 saturated heterocycles. The van der Waals surface area contributed by atoms with Gasteiger partial charge in [-0.25, -0.2) is 4.79 Å². The third kappa shape index (κ3) is 2.64. The van der Waals surface area contributed by atoms with Crippen LogP contribution in [0.5, 0.6) is 5.75 Å². The van der Waals surface area contributed by atoms with Crippen LogP contribution in [-0.4, -0.2) is 29.2 Å². The van der Waals surface area contributed by atoms with E-state index >= 15 is 0 Å². The SMILES string of the molecule is C=CCN1C(=O)c2ccc(C(=O)Oc3ccccc3)cc2C1=O. The van der Waals surface area contributed by atoms with Gasteiger partial charge < -0.3 is 4.74 Å². The van der Waals surface area contributed by atoms with E-state index in [9.17, 15) is 14.4 Å². The molecule has 1 aliphatic rings. The van der Waals surface area contributed by atoms with Crippen molar-refractivity contribution < 1.29 is 19.1 Å². The van der Waals surface area contributed by atoms with Gasteiger partial charge in [0.05, 0.1) is 16.7 Å². The zero-order valence-electron chi connectivity index (χ0n) is 12.2. The minimum absolute atomic E-state index is 0.135. The molecule has 5 nitrogen and oxygen atoms in total. The maximum absolute atomic E-state index is 12.2. The Bertz CT molecular complexity index is 811. The number of amides is 2. The lowest BCUT2D eigenvalue weighted by Crippen LogP contribution is -2.29. The molecule has 2 aromatic rings. The first-order chi connectivity index (χ1) is 11.1. The lowest BCUT2D eigenvalue weighted by atomic mass is 10.1. The second-order valence-electron chi connectivity index (χ2n) is 4.97. The summed E-state index contributed by atoms with van der Waals surface area (Å²) in [4.78, 5) is 37.6. The smallest absolute Gasteiger partial charge is 0.343 e. The number of para-hydroxylation sites is 1. The molecule has 0 saturated carbocycles. The van der Waals surface area contributed by atoms with Gasteiger partial charge in [-0.3, -0.25) is 14.5 Å². The number of imide groups is 1. The second kappa shape index (κ2) is 5.88. The average Bonchev–Trinajstić information content (AvgIpc) is 2.81. The van der Waals surface area contributed by atoms with Gasteiger partial charge in [-0.15, -0.1) is 6.58 Å². The fourth-order valence-electron chi connectivity index (χ4n) is 2.37. The highest BCUT2D eigenvalue weighted by atomic mass is 16.5. The number of benzene rings is 2. The number of fused-ring (bicyclic) bond motifs is 1. The molecule has 1 aliphatic heterocycles. The molecular formula is C18H13NO4. The first-order valence-electron chi connectivity index (χ1n) is 7.00. The Kier molecular flexibility index (Phi) is 3.76. The number of carbonyl (C=O) groups is 3. The molecule has 5 heteroatoms. The number of carbonyl (C=O) groups excluding carboxylic acids is 3. The van der Waals surface area contributed by atoms with Gasteiger partial charge in [-0.2, -0.15) is 0 Å². The Labute approximate surface area is 132 Å². The van der Waals surface area contributed by atoms with Crippen LogP contribution in [0.4, 0.5) is 0 Å². The van der Waals surface area contributed by atoms with Crippen molar-refractivity contribution in [3.63, 3.8) is 0 Å². The van der Waals surface area contributed by atoms with Crippen molar-refractivity contribution in [2.45, 2.75) is 0 Å². The standard InChI is InChI=1S/C18H13NO4/c1-2-10-19-16(20)14-9-8-12(11-15(14)17(19)21)18(22)23-13-6-4-3-5-7-13/h2-9,11H,1,10H2. The van der Waals surface area contributed by atoms with Crippen LogP contribution < -0.4 is 4.74 Å². The predicted octanol–water partition coefficient (Wildman–Crippen LogP) is 2.69. The van der Waals surface area contributed by atoms with Crippen LogP contribution in [0.1, 0.15) is 31.1 Å². The average molecular weight is 307 g/mol. The van der Waals surface area contributed by atoms with Crippen LogP contribution in [0, 0.1) is 0 Å². The zero-order valence-corrected chi connectivity index (χ0v) is 12.2. The molecule has 0 spiro atoms. The molecule has 0 bridgehead atoms. The number of ether oxygens (including phenoxy) is 1. The Morgan fingerprint density at radius 1 is 1.04 bits per heavy atom. The largest absolute Gasteiger partial charge is 0.423 e. The number of hydrogen-bond donors (Lipinski definition) is 0. The van der Waals surface area contributed by atoms with E-state index in [1.807, 2.05) is 6.07 Å².